The summed E-state index contributed by atoms with van der Waals surface area (Å²) in [7, 11) is 1.39. The second-order valence-corrected chi connectivity index (χ2v) is 6.01. The van der Waals surface area contributed by atoms with Crippen LogP contribution in [0.2, 0.25) is 0 Å². The number of aliphatic hydroxyl groups excluding tert-OH is 1. The lowest BCUT2D eigenvalue weighted by molar-refractivity contribution is -0.384. The van der Waals surface area contributed by atoms with Gasteiger partial charge in [0.05, 0.1) is 12.7 Å². The van der Waals surface area contributed by atoms with Gasteiger partial charge in [-0.05, 0) is 6.42 Å². The molecule has 0 amide bonds. The molecule has 2 heterocycles. The third-order valence-corrected chi connectivity index (χ3v) is 4.53. The molecule has 2 saturated heterocycles. The predicted octanol–water partition coefficient (Wildman–Crippen LogP) is 0.868. The zero-order valence-corrected chi connectivity index (χ0v) is 13.4. The number of ether oxygens (including phenoxy) is 4. The largest absolute Gasteiger partial charge is 0.385 e. The van der Waals surface area contributed by atoms with E-state index in [1.54, 1.807) is 0 Å². The Kier molecular flexibility index (Phi) is 5.15. The van der Waals surface area contributed by atoms with E-state index in [1.807, 2.05) is 36.4 Å². The predicted molar refractivity (Wildman–Crippen MR) is 81.5 cm³/mol. The van der Waals surface area contributed by atoms with Gasteiger partial charge in [0.25, 0.3) is 0 Å². The lowest BCUT2D eigenvalue weighted by atomic mass is 9.80. The molecule has 7 heteroatoms. The van der Waals surface area contributed by atoms with Crippen LogP contribution < -0.4 is 0 Å². The summed E-state index contributed by atoms with van der Waals surface area (Å²) in [6.07, 6.45) is -4.30. The van der Waals surface area contributed by atoms with Crippen LogP contribution in [-0.4, -0.2) is 54.1 Å². The quantitative estimate of drug-likeness (QED) is 0.842. The summed E-state index contributed by atoms with van der Waals surface area (Å²) < 4.78 is 22.4. The van der Waals surface area contributed by atoms with Crippen molar-refractivity contribution in [2.75, 3.05) is 13.7 Å². The highest BCUT2D eigenvalue weighted by molar-refractivity contribution is 5.17. The maximum atomic E-state index is 11.1. The van der Waals surface area contributed by atoms with Crippen LogP contribution in [0.1, 0.15) is 24.7 Å². The Bertz CT molecular complexity index is 590. The fraction of sp³-hybridized carbons (Fsp3) is 0.588. The summed E-state index contributed by atoms with van der Waals surface area (Å²) in [5, 5.41) is 30.4. The van der Waals surface area contributed by atoms with Gasteiger partial charge in [-0.25, -0.2) is 0 Å². The van der Waals surface area contributed by atoms with Gasteiger partial charge in [-0.3, -0.25) is 0 Å². The summed E-state index contributed by atoms with van der Waals surface area (Å²) in [6, 6.07) is 11.3. The molecular weight excluding hydrogens is 314 g/mol. The zero-order valence-electron chi connectivity index (χ0n) is 13.4. The van der Waals surface area contributed by atoms with Crippen molar-refractivity contribution in [1.29, 1.82) is 5.26 Å². The van der Waals surface area contributed by atoms with Crippen LogP contribution in [0.15, 0.2) is 30.3 Å². The smallest absolute Gasteiger partial charge is 0.186 e. The number of methoxy groups -OCH3 is 1. The van der Waals surface area contributed by atoms with E-state index in [9.17, 15) is 10.2 Å². The van der Waals surface area contributed by atoms with Crippen molar-refractivity contribution in [3.05, 3.63) is 35.9 Å². The molecule has 2 N–H and O–H groups in total. The molecule has 4 unspecified atom stereocenters. The molecule has 7 nitrogen and oxygen atoms in total. The van der Waals surface area contributed by atoms with Gasteiger partial charge < -0.3 is 29.2 Å². The highest BCUT2D eigenvalue weighted by Gasteiger charge is 2.58. The van der Waals surface area contributed by atoms with Crippen molar-refractivity contribution in [2.24, 2.45) is 0 Å². The van der Waals surface area contributed by atoms with Crippen molar-refractivity contribution < 1.29 is 29.2 Å². The first-order valence-electron chi connectivity index (χ1n) is 7.88. The summed E-state index contributed by atoms with van der Waals surface area (Å²) in [5.41, 5.74) is -0.849. The zero-order chi connectivity index (χ0) is 17.2. The number of rotatable bonds is 4. The van der Waals surface area contributed by atoms with Crippen LogP contribution in [-0.2, 0) is 18.9 Å². The Hall–Kier alpha value is -1.53. The molecule has 2 fully saturated rings. The molecule has 1 aromatic carbocycles. The lowest BCUT2D eigenvalue weighted by Crippen LogP contribution is -2.69. The summed E-state index contributed by atoms with van der Waals surface area (Å²) in [6.45, 7) is 0.186. The molecule has 130 valence electrons. The van der Waals surface area contributed by atoms with Gasteiger partial charge in [0.1, 0.15) is 23.9 Å². The minimum absolute atomic E-state index is 0.0521. The molecule has 0 saturated carbocycles. The maximum Gasteiger partial charge on any atom is 0.186 e. The second kappa shape index (κ2) is 7.15. The van der Waals surface area contributed by atoms with Crippen molar-refractivity contribution in [3.63, 3.8) is 0 Å². The van der Waals surface area contributed by atoms with Gasteiger partial charge in [0, 0.05) is 19.1 Å². The molecule has 2 aliphatic rings. The molecule has 1 aromatic rings. The second-order valence-electron chi connectivity index (χ2n) is 6.01. The molecule has 0 bridgehead atoms. The monoisotopic (exact) mass is 335 g/mol. The van der Waals surface area contributed by atoms with E-state index in [2.05, 4.69) is 0 Å². The van der Waals surface area contributed by atoms with Gasteiger partial charge in [-0.15, -0.1) is 0 Å². The third kappa shape index (κ3) is 3.05. The van der Waals surface area contributed by atoms with E-state index in [1.165, 1.54) is 7.11 Å². The third-order valence-electron chi connectivity index (χ3n) is 4.53. The van der Waals surface area contributed by atoms with E-state index < -0.39 is 36.5 Å². The van der Waals surface area contributed by atoms with Gasteiger partial charge >= 0.3 is 0 Å². The summed E-state index contributed by atoms with van der Waals surface area (Å²) in [5.74, 6) is 0. The van der Waals surface area contributed by atoms with Crippen LogP contribution in [0.3, 0.4) is 0 Å². The lowest BCUT2D eigenvalue weighted by Gasteiger charge is -2.52. The van der Waals surface area contributed by atoms with Crippen LogP contribution in [0.25, 0.3) is 0 Å². The number of nitriles is 1. The number of hydrogen-bond acceptors (Lipinski definition) is 7. The average Bonchev–Trinajstić information content (AvgIpc) is 2.63. The van der Waals surface area contributed by atoms with Crippen molar-refractivity contribution >= 4 is 0 Å². The number of nitrogens with zero attached hydrogens (tertiary/aromatic N) is 1. The number of hydrogen-bond donors (Lipinski definition) is 2. The summed E-state index contributed by atoms with van der Waals surface area (Å²) in [4.78, 5) is 0. The van der Waals surface area contributed by atoms with Crippen LogP contribution >= 0.6 is 0 Å². The molecule has 6 atom stereocenters. The highest BCUT2D eigenvalue weighted by Crippen LogP contribution is 2.41. The standard InChI is InChI=1S/C17H21NO6/c1-21-16-13(19)17(20,8-5-9-18)14-12(23-16)10-22-15(24-14)11-6-3-2-4-7-11/h2-4,6-7,12-16,19-20H,5,8,10H2,1H3/t12?,13?,14-,15?,16+,17?/m1/s1. The molecule has 0 spiro atoms. The van der Waals surface area contributed by atoms with E-state index in [-0.39, 0.29) is 19.4 Å². The molecule has 0 aliphatic carbocycles. The molecule has 2 aliphatic heterocycles. The number of benzene rings is 1. The van der Waals surface area contributed by atoms with Crippen LogP contribution in [0.4, 0.5) is 0 Å². The number of aliphatic hydroxyl groups is 2. The Morgan fingerprint density at radius 1 is 1.33 bits per heavy atom. The molecule has 24 heavy (non-hydrogen) atoms. The van der Waals surface area contributed by atoms with Crippen molar-refractivity contribution in [1.82, 2.24) is 0 Å². The maximum absolute atomic E-state index is 11.1. The van der Waals surface area contributed by atoms with E-state index >= 15 is 0 Å². The molecule has 0 aromatic heterocycles. The normalized spacial score (nSPS) is 39.0. The first-order chi connectivity index (χ1) is 11.6. The van der Waals surface area contributed by atoms with Crippen molar-refractivity contribution in [3.8, 4) is 6.07 Å². The van der Waals surface area contributed by atoms with Gasteiger partial charge in [0.2, 0.25) is 0 Å². The average molecular weight is 335 g/mol. The van der Waals surface area contributed by atoms with Gasteiger partial charge in [0.15, 0.2) is 12.6 Å². The van der Waals surface area contributed by atoms with Crippen molar-refractivity contribution in [2.45, 2.75) is 49.3 Å². The van der Waals surface area contributed by atoms with E-state index in [0.29, 0.717) is 0 Å². The topological polar surface area (TPSA) is 101 Å². The Balaban J connectivity index is 1.86. The Labute approximate surface area is 140 Å². The molecule has 0 radical (unpaired) electrons. The first kappa shape index (κ1) is 17.3. The minimum atomic E-state index is -1.66. The fourth-order valence-electron chi connectivity index (χ4n) is 3.25. The summed E-state index contributed by atoms with van der Waals surface area (Å²) >= 11 is 0. The fourth-order valence-corrected chi connectivity index (χ4v) is 3.25. The Morgan fingerprint density at radius 3 is 2.75 bits per heavy atom. The Morgan fingerprint density at radius 2 is 2.08 bits per heavy atom. The minimum Gasteiger partial charge on any atom is -0.385 e. The van der Waals surface area contributed by atoms with Crippen LogP contribution in [0, 0.1) is 11.3 Å². The number of fused-ring (bicyclic) bond motifs is 1. The first-order valence-corrected chi connectivity index (χ1v) is 7.88. The van der Waals surface area contributed by atoms with Gasteiger partial charge in [-0.2, -0.15) is 5.26 Å². The highest BCUT2D eigenvalue weighted by atomic mass is 16.8. The SMILES string of the molecule is CO[C@H]1OC2COC(c3ccccc3)O[C@H]2C(O)(CCC#N)C1O. The molecule has 3 rings (SSSR count). The van der Waals surface area contributed by atoms with E-state index in [0.717, 1.165) is 5.56 Å². The van der Waals surface area contributed by atoms with Crippen LogP contribution in [0.5, 0.6) is 0 Å². The molecular formula is C17H21NO6. The van der Waals surface area contributed by atoms with E-state index in [4.69, 9.17) is 24.2 Å². The van der Waals surface area contributed by atoms with Gasteiger partial charge in [-0.1, -0.05) is 30.3 Å².